The Morgan fingerprint density at radius 3 is 1.27 bits per heavy atom. The molecule has 0 bridgehead atoms. The zero-order chi connectivity index (χ0) is 8.28. The maximum Gasteiger partial charge on any atom is 0.126 e. The average molecular weight is 238 g/mol. The zero-order valence-corrected chi connectivity index (χ0v) is 10.4. The number of Topliss-reactive ketones (excluding diaryl/α,β-unsaturated/α-hetero) is 1. The van der Waals surface area contributed by atoms with Gasteiger partial charge in [0.15, 0.2) is 0 Å². The number of ether oxygens (including phenoxy) is 1. The molecule has 0 aliphatic rings. The Bertz CT molecular complexity index is 43.4. The van der Waals surface area contributed by atoms with Gasteiger partial charge in [-0.05, 0) is 21.0 Å². The van der Waals surface area contributed by atoms with Crippen LogP contribution in [0.25, 0.3) is 0 Å². The van der Waals surface area contributed by atoms with Crippen molar-refractivity contribution in [3.8, 4) is 0 Å². The van der Waals surface area contributed by atoms with Crippen molar-refractivity contribution in [3.05, 3.63) is 7.11 Å². The minimum atomic E-state index is 0. The summed E-state index contributed by atoms with van der Waals surface area (Å²) in [4.78, 5) is 9.44. The summed E-state index contributed by atoms with van der Waals surface area (Å²) in [5.74, 6) is 0.167. The van der Waals surface area contributed by atoms with E-state index < -0.39 is 0 Å². The fraction of sp³-hybridized carbons (Fsp3) is 0.750. The van der Waals surface area contributed by atoms with E-state index in [1.54, 1.807) is 0 Å². The van der Waals surface area contributed by atoms with Crippen LogP contribution in [0.4, 0.5) is 0 Å². The van der Waals surface area contributed by atoms with Crippen LogP contribution in [0.15, 0.2) is 0 Å². The van der Waals surface area contributed by atoms with Gasteiger partial charge in [0.1, 0.15) is 5.78 Å². The van der Waals surface area contributed by atoms with Crippen LogP contribution in [-0.4, -0.2) is 12.9 Å². The van der Waals surface area contributed by atoms with Crippen LogP contribution in [0, 0.1) is 7.11 Å². The summed E-state index contributed by atoms with van der Waals surface area (Å²) in [6.07, 6.45) is 0. The molecular weight excluding hydrogens is 217 g/mol. The van der Waals surface area contributed by atoms with Gasteiger partial charge in [-0.1, -0.05) is 21.3 Å². The van der Waals surface area contributed by atoms with Crippen LogP contribution in [0.2, 0.25) is 0 Å². The molecule has 0 heterocycles. The molecular formula is C8H21O2Y-. The SMILES string of the molecule is C.CC.CC(C)=O.[CH2-]OC.[Y]. The molecule has 0 atom stereocenters. The number of hydrogen-bond acceptors (Lipinski definition) is 2. The standard InChI is InChI=1S/C3H6O.C2H5O.C2H6.CH4.Y/c1-3(2)4;1-3-2;1-2;;/h1-2H3;1H2,2H3;1-2H3;1H4;/q;-1;;;. The van der Waals surface area contributed by atoms with Gasteiger partial charge in [0.25, 0.3) is 0 Å². The fourth-order valence-corrected chi connectivity index (χ4v) is 0. The molecule has 0 amide bonds. The predicted octanol–water partition coefficient (Wildman–Crippen LogP) is 2.68. The number of carbonyl (C=O) groups excluding carboxylic acids is 1. The van der Waals surface area contributed by atoms with Crippen LogP contribution in [0.5, 0.6) is 0 Å². The number of methoxy groups -OCH3 is 1. The molecule has 0 aliphatic carbocycles. The Labute approximate surface area is 97.0 Å². The summed E-state index contributed by atoms with van der Waals surface area (Å²) in [5, 5.41) is 0. The van der Waals surface area contributed by atoms with E-state index in [2.05, 4.69) is 11.8 Å². The second kappa shape index (κ2) is 45.4. The third kappa shape index (κ3) is 1520. The van der Waals surface area contributed by atoms with Crippen molar-refractivity contribution < 1.29 is 42.2 Å². The molecule has 0 aromatic heterocycles. The predicted molar refractivity (Wildman–Crippen MR) is 46.8 cm³/mol. The first-order valence-corrected chi connectivity index (χ1v) is 2.90. The topological polar surface area (TPSA) is 26.3 Å². The van der Waals surface area contributed by atoms with E-state index in [4.69, 9.17) is 0 Å². The van der Waals surface area contributed by atoms with Crippen molar-refractivity contribution in [1.29, 1.82) is 0 Å². The first-order valence-electron chi connectivity index (χ1n) is 2.90. The maximum absolute atomic E-state index is 9.44. The van der Waals surface area contributed by atoms with Gasteiger partial charge in [-0.25, -0.2) is 7.11 Å². The number of ketones is 1. The average Bonchev–Trinajstić information content (AvgIpc) is 1.71. The Morgan fingerprint density at radius 1 is 1.27 bits per heavy atom. The van der Waals surface area contributed by atoms with Gasteiger partial charge in [0, 0.05) is 32.7 Å². The van der Waals surface area contributed by atoms with Crippen molar-refractivity contribution in [2.45, 2.75) is 35.1 Å². The van der Waals surface area contributed by atoms with Gasteiger partial charge in [0.2, 0.25) is 0 Å². The molecule has 69 valence electrons. The number of rotatable bonds is 0. The third-order valence-electron chi connectivity index (χ3n) is 0. The molecule has 0 aliphatic heterocycles. The van der Waals surface area contributed by atoms with E-state index in [0.29, 0.717) is 0 Å². The summed E-state index contributed by atoms with van der Waals surface area (Å²) < 4.78 is 4.00. The van der Waals surface area contributed by atoms with Crippen LogP contribution in [-0.2, 0) is 42.2 Å². The molecule has 0 rings (SSSR count). The monoisotopic (exact) mass is 238 g/mol. The second-order valence-corrected chi connectivity index (χ2v) is 1.20. The molecule has 0 fully saturated rings. The molecule has 11 heavy (non-hydrogen) atoms. The van der Waals surface area contributed by atoms with Gasteiger partial charge in [-0.3, -0.25) is 0 Å². The molecule has 0 aromatic rings. The van der Waals surface area contributed by atoms with Crippen LogP contribution < -0.4 is 0 Å². The van der Waals surface area contributed by atoms with E-state index in [-0.39, 0.29) is 45.9 Å². The van der Waals surface area contributed by atoms with E-state index in [1.165, 1.54) is 21.0 Å². The molecule has 0 saturated heterocycles. The van der Waals surface area contributed by atoms with Crippen molar-refractivity contribution in [3.63, 3.8) is 0 Å². The Kier molecular flexibility index (Phi) is 123. The first kappa shape index (κ1) is 29.8. The van der Waals surface area contributed by atoms with Crippen molar-refractivity contribution >= 4 is 5.78 Å². The number of carbonyl (C=O) groups is 1. The molecule has 1 radical (unpaired) electrons. The van der Waals surface area contributed by atoms with Crippen molar-refractivity contribution in [2.24, 2.45) is 0 Å². The van der Waals surface area contributed by atoms with Gasteiger partial charge in [0.05, 0.1) is 0 Å². The molecule has 0 unspecified atom stereocenters. The molecule has 2 nitrogen and oxygen atoms in total. The first-order chi connectivity index (χ1) is 4.15. The molecule has 3 heteroatoms. The minimum Gasteiger partial charge on any atom is -0.557 e. The summed E-state index contributed by atoms with van der Waals surface area (Å²) in [5.41, 5.74) is 0. The van der Waals surface area contributed by atoms with Gasteiger partial charge < -0.3 is 9.53 Å². The second-order valence-electron chi connectivity index (χ2n) is 1.20. The summed E-state index contributed by atoms with van der Waals surface area (Å²) in [6.45, 7) is 7.06. The Morgan fingerprint density at radius 2 is 1.27 bits per heavy atom. The van der Waals surface area contributed by atoms with E-state index in [1.807, 2.05) is 13.8 Å². The molecule has 0 aromatic carbocycles. The summed E-state index contributed by atoms with van der Waals surface area (Å²) in [7, 11) is 4.50. The van der Waals surface area contributed by atoms with E-state index in [9.17, 15) is 4.79 Å². The number of hydrogen-bond donors (Lipinski definition) is 0. The molecule has 0 saturated carbocycles. The molecule has 0 N–H and O–H groups in total. The van der Waals surface area contributed by atoms with E-state index in [0.717, 1.165) is 0 Å². The Balaban J connectivity index is -0.0000000158. The smallest absolute Gasteiger partial charge is 0.126 e. The Hall–Kier alpha value is 0.734. The van der Waals surface area contributed by atoms with Crippen molar-refractivity contribution in [1.82, 2.24) is 0 Å². The summed E-state index contributed by atoms with van der Waals surface area (Å²) >= 11 is 0. The normalized spacial score (nSPS) is 4.55. The summed E-state index contributed by atoms with van der Waals surface area (Å²) in [6, 6.07) is 0. The van der Waals surface area contributed by atoms with Crippen LogP contribution >= 0.6 is 0 Å². The van der Waals surface area contributed by atoms with Gasteiger partial charge >= 0.3 is 0 Å². The van der Waals surface area contributed by atoms with Crippen LogP contribution in [0.1, 0.15) is 35.1 Å². The minimum absolute atomic E-state index is 0. The largest absolute Gasteiger partial charge is 0.557 e. The zero-order valence-electron chi connectivity index (χ0n) is 7.60. The van der Waals surface area contributed by atoms with E-state index >= 15 is 0 Å². The fourth-order valence-electron chi connectivity index (χ4n) is 0. The molecule has 0 spiro atoms. The third-order valence-corrected chi connectivity index (χ3v) is 0. The van der Waals surface area contributed by atoms with Crippen molar-refractivity contribution in [2.75, 3.05) is 7.11 Å². The van der Waals surface area contributed by atoms with Gasteiger partial charge in [-0.2, -0.15) is 0 Å². The van der Waals surface area contributed by atoms with Crippen LogP contribution in [0.3, 0.4) is 0 Å². The maximum atomic E-state index is 9.44. The van der Waals surface area contributed by atoms with Gasteiger partial charge in [-0.15, -0.1) is 0 Å². The quantitative estimate of drug-likeness (QED) is 0.606.